The van der Waals surface area contributed by atoms with Crippen LogP contribution in [0.4, 0.5) is 0 Å². The van der Waals surface area contributed by atoms with E-state index in [4.69, 9.17) is 0 Å². The lowest BCUT2D eigenvalue weighted by Crippen LogP contribution is -2.64. The fourth-order valence-electron chi connectivity index (χ4n) is 14.4. The highest BCUT2D eigenvalue weighted by Crippen LogP contribution is 3.07. The van der Waals surface area contributed by atoms with E-state index >= 15 is 0 Å². The van der Waals surface area contributed by atoms with Gasteiger partial charge in [-0.2, -0.15) is 0 Å². The molecule has 2 N–H and O–H groups in total. The Morgan fingerprint density at radius 2 is 1.52 bits per heavy atom. The molecule has 23 heavy (non-hydrogen) atoms. The standard InChI is InChI=1S/C21H26O2/c1-17-13-9-5-3-6-18(9)14-12(13)11-10-8-4-2-7-19(8,16(11)17)20(22,15(10)14)21(17,18)23/h8-16,22-23H,2-7H2,1H3/t8-,9+,10+,11-,12-,13+,14+,15+,16-,17-,18-,19+,20-,21-/m0/s1. The number of hydrogen-bond acceptors (Lipinski definition) is 2. The molecule has 2 nitrogen and oxygen atoms in total. The predicted octanol–water partition coefficient (Wildman–Crippen LogP) is 2.44. The molecule has 0 amide bonds. The average Bonchev–Trinajstić information content (AvgIpc) is 3.26. The summed E-state index contributed by atoms with van der Waals surface area (Å²) >= 11 is 0. The molecule has 122 valence electrons. The Kier molecular flexibility index (Phi) is 1.21. The fraction of sp³-hybridized carbons (Fsp3) is 1.00. The van der Waals surface area contributed by atoms with Crippen molar-refractivity contribution in [2.45, 2.75) is 56.7 Å². The topological polar surface area (TPSA) is 40.5 Å². The molecule has 0 aromatic carbocycles. The monoisotopic (exact) mass is 310 g/mol. The molecule has 10 saturated carbocycles. The molecule has 2 heteroatoms. The molecule has 2 spiro atoms. The zero-order valence-electron chi connectivity index (χ0n) is 13.8. The van der Waals surface area contributed by atoms with Crippen molar-refractivity contribution in [1.29, 1.82) is 0 Å². The molecule has 0 heterocycles. The second-order valence-corrected chi connectivity index (χ2v) is 11.6. The summed E-state index contributed by atoms with van der Waals surface area (Å²) in [5.41, 5.74) is -1.03. The summed E-state index contributed by atoms with van der Waals surface area (Å²) in [6.07, 6.45) is 7.85. The van der Waals surface area contributed by atoms with Crippen LogP contribution >= 0.6 is 0 Å². The van der Waals surface area contributed by atoms with Crippen molar-refractivity contribution in [2.24, 2.45) is 69.5 Å². The van der Waals surface area contributed by atoms with E-state index in [-0.39, 0.29) is 16.2 Å². The van der Waals surface area contributed by atoms with Gasteiger partial charge in [0.05, 0.1) is 0 Å². The van der Waals surface area contributed by atoms with Crippen LogP contribution < -0.4 is 0 Å². The zero-order valence-corrected chi connectivity index (χ0v) is 13.8. The summed E-state index contributed by atoms with van der Waals surface area (Å²) in [5.74, 6) is 6.85. The van der Waals surface area contributed by atoms with Gasteiger partial charge in [0.2, 0.25) is 0 Å². The minimum Gasteiger partial charge on any atom is -0.386 e. The van der Waals surface area contributed by atoms with Crippen molar-refractivity contribution >= 4 is 0 Å². The Bertz CT molecular complexity index is 761. The molecular formula is C21H26O2. The van der Waals surface area contributed by atoms with Crippen LogP contribution in [0.5, 0.6) is 0 Å². The molecule has 14 atom stereocenters. The van der Waals surface area contributed by atoms with E-state index in [1.807, 2.05) is 0 Å². The van der Waals surface area contributed by atoms with Crippen LogP contribution in [0.15, 0.2) is 0 Å². The maximum Gasteiger partial charge on any atom is 0.106 e. The van der Waals surface area contributed by atoms with E-state index < -0.39 is 11.2 Å². The first kappa shape index (κ1) is 11.5. The molecule has 0 aliphatic heterocycles. The van der Waals surface area contributed by atoms with Crippen molar-refractivity contribution in [3.05, 3.63) is 0 Å². The minimum atomic E-state index is -0.710. The predicted molar refractivity (Wildman–Crippen MR) is 82.0 cm³/mol. The molecule has 0 saturated heterocycles. The van der Waals surface area contributed by atoms with Crippen molar-refractivity contribution in [2.75, 3.05) is 0 Å². The summed E-state index contributed by atoms with van der Waals surface area (Å²) in [7, 11) is 0. The van der Waals surface area contributed by atoms with Gasteiger partial charge in [-0.3, -0.25) is 0 Å². The zero-order chi connectivity index (χ0) is 14.9. The van der Waals surface area contributed by atoms with Crippen molar-refractivity contribution in [1.82, 2.24) is 0 Å². The van der Waals surface area contributed by atoms with Gasteiger partial charge >= 0.3 is 0 Å². The fourth-order valence-corrected chi connectivity index (χ4v) is 14.4. The van der Waals surface area contributed by atoms with Crippen LogP contribution in [-0.2, 0) is 0 Å². The summed E-state index contributed by atoms with van der Waals surface area (Å²) in [6, 6.07) is 0. The summed E-state index contributed by atoms with van der Waals surface area (Å²) < 4.78 is 0. The number of rotatable bonds is 0. The lowest BCUT2D eigenvalue weighted by atomic mass is 9.59. The normalized spacial score (nSPS) is 90.7. The lowest BCUT2D eigenvalue weighted by molar-refractivity contribution is -0.224. The van der Waals surface area contributed by atoms with E-state index in [9.17, 15) is 10.2 Å². The smallest absolute Gasteiger partial charge is 0.106 e. The number of aliphatic hydroxyl groups is 2. The van der Waals surface area contributed by atoms with Crippen LogP contribution in [0.3, 0.4) is 0 Å². The van der Waals surface area contributed by atoms with Gasteiger partial charge in [-0.25, -0.2) is 0 Å². The van der Waals surface area contributed by atoms with E-state index in [0.717, 1.165) is 35.5 Å². The highest BCUT2D eigenvalue weighted by atomic mass is 16.4. The van der Waals surface area contributed by atoms with Gasteiger partial charge in [0.15, 0.2) is 0 Å². The minimum absolute atomic E-state index is 0.0707. The van der Waals surface area contributed by atoms with Crippen molar-refractivity contribution < 1.29 is 10.2 Å². The van der Waals surface area contributed by atoms with Crippen LogP contribution in [-0.4, -0.2) is 21.4 Å². The van der Waals surface area contributed by atoms with Crippen LogP contribution in [0.2, 0.25) is 0 Å². The molecule has 4 bridgehead atoms. The Morgan fingerprint density at radius 3 is 2.35 bits per heavy atom. The Hall–Kier alpha value is -0.0800. The Morgan fingerprint density at radius 1 is 0.783 bits per heavy atom. The maximum absolute atomic E-state index is 12.6. The maximum atomic E-state index is 12.6. The first-order valence-electron chi connectivity index (χ1n) is 10.5. The van der Waals surface area contributed by atoms with Gasteiger partial charge in [0.25, 0.3) is 0 Å². The molecule has 0 radical (unpaired) electrons. The second-order valence-electron chi connectivity index (χ2n) is 11.6. The van der Waals surface area contributed by atoms with E-state index in [2.05, 4.69) is 6.92 Å². The summed E-state index contributed by atoms with van der Waals surface area (Å²) in [4.78, 5) is 0. The van der Waals surface area contributed by atoms with Gasteiger partial charge in [0.1, 0.15) is 11.2 Å². The van der Waals surface area contributed by atoms with Crippen LogP contribution in [0.1, 0.15) is 45.4 Å². The second kappa shape index (κ2) is 2.42. The summed E-state index contributed by atoms with van der Waals surface area (Å²) in [5, 5.41) is 25.1. The third kappa shape index (κ3) is 0.532. The molecule has 10 aliphatic rings. The molecular weight excluding hydrogens is 284 g/mol. The van der Waals surface area contributed by atoms with Crippen molar-refractivity contribution in [3.63, 3.8) is 0 Å². The molecule has 10 aliphatic carbocycles. The highest BCUT2D eigenvalue weighted by Gasteiger charge is 3.10. The SMILES string of the molecule is C[C@@]12[C@H]3[C@@H]4[C@@H]5[C@@H]6[C@@H]7[C@@H]4[C@@]4(CCC[C@H]34)[C@]1(O)[C@@]7(O)[C@@]1(CCC[C@@H]61)[C@@H]52. The van der Waals surface area contributed by atoms with Crippen LogP contribution in [0.25, 0.3) is 0 Å². The van der Waals surface area contributed by atoms with Gasteiger partial charge in [-0.05, 0) is 78.9 Å². The quantitative estimate of drug-likeness (QED) is 0.721. The summed E-state index contributed by atoms with van der Waals surface area (Å²) in [6.45, 7) is 2.48. The lowest BCUT2D eigenvalue weighted by Gasteiger charge is -2.51. The Labute approximate surface area is 137 Å². The molecule has 0 aromatic rings. The first-order chi connectivity index (χ1) is 11.0. The molecule has 10 fully saturated rings. The van der Waals surface area contributed by atoms with Gasteiger partial charge in [0, 0.05) is 16.2 Å². The van der Waals surface area contributed by atoms with Gasteiger partial charge < -0.3 is 10.2 Å². The highest BCUT2D eigenvalue weighted by molar-refractivity contribution is 5.58. The van der Waals surface area contributed by atoms with Gasteiger partial charge in [-0.1, -0.05) is 19.8 Å². The number of hydrogen-bond donors (Lipinski definition) is 2. The van der Waals surface area contributed by atoms with E-state index in [1.54, 1.807) is 0 Å². The van der Waals surface area contributed by atoms with E-state index in [0.29, 0.717) is 17.8 Å². The van der Waals surface area contributed by atoms with E-state index in [1.165, 1.54) is 38.5 Å². The van der Waals surface area contributed by atoms with Crippen molar-refractivity contribution in [3.8, 4) is 0 Å². The third-order valence-corrected chi connectivity index (χ3v) is 13.0. The molecule has 10 rings (SSSR count). The molecule has 0 unspecified atom stereocenters. The molecule has 0 aromatic heterocycles. The largest absolute Gasteiger partial charge is 0.386 e. The van der Waals surface area contributed by atoms with Crippen LogP contribution in [0, 0.1) is 69.5 Å². The van der Waals surface area contributed by atoms with Gasteiger partial charge in [-0.15, -0.1) is 0 Å². The third-order valence-electron chi connectivity index (χ3n) is 13.0. The first-order valence-corrected chi connectivity index (χ1v) is 10.5. The average molecular weight is 310 g/mol. The Balaban J connectivity index is 1.55.